The van der Waals surface area contributed by atoms with Crippen LogP contribution >= 0.6 is 0 Å². The van der Waals surface area contributed by atoms with Gasteiger partial charge in [0, 0.05) is 34.4 Å². The van der Waals surface area contributed by atoms with Crippen LogP contribution in [0.5, 0.6) is 5.75 Å². The van der Waals surface area contributed by atoms with Crippen LogP contribution in [-0.2, 0) is 16.0 Å². The molecule has 1 aliphatic carbocycles. The number of carbonyl (C=O) groups excluding carboxylic acids is 3. The number of methoxy groups -OCH3 is 1. The summed E-state index contributed by atoms with van der Waals surface area (Å²) in [4.78, 5) is 45.2. The quantitative estimate of drug-likeness (QED) is 0.251. The molecule has 1 aromatic heterocycles. The minimum atomic E-state index is -0.932. The van der Waals surface area contributed by atoms with Crippen LogP contribution in [0.3, 0.4) is 0 Å². The molecule has 1 fully saturated rings. The van der Waals surface area contributed by atoms with Crippen LogP contribution in [0, 0.1) is 0 Å². The number of para-hydroxylation sites is 1. The van der Waals surface area contributed by atoms with Crippen LogP contribution in [0.25, 0.3) is 10.9 Å². The van der Waals surface area contributed by atoms with Gasteiger partial charge >= 0.3 is 0 Å². The first-order valence-corrected chi connectivity index (χ1v) is 13.9. The Morgan fingerprint density at radius 3 is 2.45 bits per heavy atom. The molecule has 1 aliphatic rings. The molecule has 7 heteroatoms. The molecule has 0 bridgehead atoms. The van der Waals surface area contributed by atoms with Gasteiger partial charge in [-0.1, -0.05) is 49.6 Å². The number of hydrogen-bond acceptors (Lipinski definition) is 4. The van der Waals surface area contributed by atoms with E-state index >= 15 is 0 Å². The lowest BCUT2D eigenvalue weighted by Crippen LogP contribution is -2.47. The summed E-state index contributed by atoms with van der Waals surface area (Å²) in [5.74, 6) is 0.0709. The fourth-order valence-electron chi connectivity index (χ4n) is 5.58. The van der Waals surface area contributed by atoms with Crippen molar-refractivity contribution in [1.29, 1.82) is 0 Å². The molecule has 4 aromatic rings. The van der Waals surface area contributed by atoms with Crippen LogP contribution in [0.4, 0.5) is 5.69 Å². The first-order chi connectivity index (χ1) is 19.4. The highest BCUT2D eigenvalue weighted by atomic mass is 16.5. The first-order valence-electron chi connectivity index (χ1n) is 13.9. The van der Waals surface area contributed by atoms with Crippen LogP contribution in [-0.4, -0.2) is 35.7 Å². The van der Waals surface area contributed by atoms with Crippen molar-refractivity contribution in [2.45, 2.75) is 57.5 Å². The number of aromatic amines is 1. The molecule has 0 saturated heterocycles. The number of H-pyrrole nitrogens is 1. The first kappa shape index (κ1) is 27.2. The molecule has 1 atom stereocenters. The second kappa shape index (κ2) is 12.2. The topological polar surface area (TPSA) is 91.5 Å². The van der Waals surface area contributed by atoms with Crippen molar-refractivity contribution < 1.29 is 19.1 Å². The largest absolute Gasteiger partial charge is 0.497 e. The molecular weight excluding hydrogens is 502 g/mol. The summed E-state index contributed by atoms with van der Waals surface area (Å²) >= 11 is 0. The van der Waals surface area contributed by atoms with Crippen molar-refractivity contribution in [2.75, 3.05) is 12.0 Å². The maximum atomic E-state index is 14.3. The summed E-state index contributed by atoms with van der Waals surface area (Å²) < 4.78 is 5.48. The zero-order valence-electron chi connectivity index (χ0n) is 23.0. The van der Waals surface area contributed by atoms with Gasteiger partial charge in [-0.15, -0.1) is 0 Å². The average Bonchev–Trinajstić information content (AvgIpc) is 3.38. The molecule has 1 saturated carbocycles. The van der Waals surface area contributed by atoms with Gasteiger partial charge in [-0.05, 0) is 73.4 Å². The lowest BCUT2D eigenvalue weighted by Gasteiger charge is -2.33. The minimum absolute atomic E-state index is 0.0670. The summed E-state index contributed by atoms with van der Waals surface area (Å²) in [6.07, 6.45) is 7.11. The lowest BCUT2D eigenvalue weighted by atomic mass is 9.94. The smallest absolute Gasteiger partial charge is 0.248 e. The van der Waals surface area contributed by atoms with E-state index in [2.05, 4.69) is 10.3 Å². The molecule has 40 heavy (non-hydrogen) atoms. The highest BCUT2D eigenvalue weighted by Gasteiger charge is 2.34. The highest BCUT2D eigenvalue weighted by molar-refractivity contribution is 6.04. The molecule has 1 unspecified atom stereocenters. The number of amides is 2. The molecule has 0 spiro atoms. The Labute approximate surface area is 234 Å². The Kier molecular flexibility index (Phi) is 8.29. The highest BCUT2D eigenvalue weighted by Crippen LogP contribution is 2.32. The van der Waals surface area contributed by atoms with Gasteiger partial charge in [-0.3, -0.25) is 19.3 Å². The summed E-state index contributed by atoms with van der Waals surface area (Å²) in [6, 6.07) is 21.2. The number of carbonyl (C=O) groups is 3. The predicted molar refractivity (Wildman–Crippen MR) is 157 cm³/mol. The van der Waals surface area contributed by atoms with Crippen molar-refractivity contribution in [3.05, 3.63) is 95.7 Å². The molecule has 1 heterocycles. The Morgan fingerprint density at radius 2 is 1.73 bits per heavy atom. The van der Waals surface area contributed by atoms with Gasteiger partial charge in [0.15, 0.2) is 5.78 Å². The van der Waals surface area contributed by atoms with E-state index in [4.69, 9.17) is 4.74 Å². The van der Waals surface area contributed by atoms with E-state index in [0.717, 1.165) is 42.1 Å². The summed E-state index contributed by atoms with van der Waals surface area (Å²) in [7, 11) is 1.58. The molecule has 206 valence electrons. The van der Waals surface area contributed by atoms with Gasteiger partial charge in [0.1, 0.15) is 11.8 Å². The second-order valence-corrected chi connectivity index (χ2v) is 10.4. The van der Waals surface area contributed by atoms with E-state index in [-0.39, 0.29) is 30.1 Å². The van der Waals surface area contributed by atoms with Crippen molar-refractivity contribution in [3.63, 3.8) is 0 Å². The molecule has 2 N–H and O–H groups in total. The van der Waals surface area contributed by atoms with E-state index in [1.54, 1.807) is 42.3 Å². The van der Waals surface area contributed by atoms with Crippen molar-refractivity contribution in [2.24, 2.45) is 0 Å². The molecule has 3 aromatic carbocycles. The average molecular weight is 538 g/mol. The number of nitrogens with one attached hydrogen (secondary N) is 2. The molecule has 0 radical (unpaired) electrons. The van der Waals surface area contributed by atoms with E-state index in [0.29, 0.717) is 22.6 Å². The van der Waals surface area contributed by atoms with Gasteiger partial charge in [0.2, 0.25) is 11.8 Å². The normalized spacial score (nSPS) is 14.4. The van der Waals surface area contributed by atoms with Crippen LogP contribution < -0.4 is 15.0 Å². The molecular formula is C33H35N3O4. The third-order valence-electron chi connectivity index (χ3n) is 7.70. The van der Waals surface area contributed by atoms with Crippen molar-refractivity contribution in [3.8, 4) is 5.75 Å². The van der Waals surface area contributed by atoms with Crippen molar-refractivity contribution in [1.82, 2.24) is 10.3 Å². The maximum Gasteiger partial charge on any atom is 0.248 e. The lowest BCUT2D eigenvalue weighted by molar-refractivity contribution is -0.127. The van der Waals surface area contributed by atoms with Gasteiger partial charge in [-0.2, -0.15) is 0 Å². The fourth-order valence-corrected chi connectivity index (χ4v) is 5.58. The zero-order valence-corrected chi connectivity index (χ0v) is 23.0. The van der Waals surface area contributed by atoms with E-state index in [1.807, 2.05) is 48.7 Å². The third-order valence-corrected chi connectivity index (χ3v) is 7.70. The van der Waals surface area contributed by atoms with Gasteiger partial charge in [-0.25, -0.2) is 0 Å². The van der Waals surface area contributed by atoms with E-state index < -0.39 is 6.04 Å². The minimum Gasteiger partial charge on any atom is -0.497 e. The maximum absolute atomic E-state index is 14.3. The number of benzene rings is 3. The van der Waals surface area contributed by atoms with Crippen LogP contribution in [0.15, 0.2) is 79.0 Å². The molecule has 5 rings (SSSR count). The SMILES string of the molecule is COc1cccc(C(C(=O)NC2CCCCC2)N(C(=O)Cc2c[nH]c3ccccc23)c2ccc(C(C)=O)cc2)c1. The number of ether oxygens (including phenoxy) is 1. The number of fused-ring (bicyclic) bond motifs is 1. The fraction of sp³-hybridized carbons (Fsp3) is 0.303. The number of nitrogens with zero attached hydrogens (tertiary/aromatic N) is 1. The number of rotatable bonds is 9. The van der Waals surface area contributed by atoms with E-state index in [9.17, 15) is 14.4 Å². The third kappa shape index (κ3) is 5.93. The summed E-state index contributed by atoms with van der Waals surface area (Å²) in [6.45, 7) is 1.51. The Hall–Kier alpha value is -4.39. The summed E-state index contributed by atoms with van der Waals surface area (Å²) in [5.41, 5.74) is 3.53. The van der Waals surface area contributed by atoms with Crippen molar-refractivity contribution >= 4 is 34.2 Å². The zero-order chi connectivity index (χ0) is 28.1. The molecule has 7 nitrogen and oxygen atoms in total. The molecule has 0 aliphatic heterocycles. The van der Waals surface area contributed by atoms with Gasteiger partial charge in [0.25, 0.3) is 0 Å². The van der Waals surface area contributed by atoms with E-state index in [1.165, 1.54) is 13.3 Å². The van der Waals surface area contributed by atoms with Crippen LogP contribution in [0.1, 0.15) is 66.6 Å². The number of anilines is 1. The second-order valence-electron chi connectivity index (χ2n) is 10.4. The standard InChI is InChI=1S/C33H35N3O4/c1-22(37)23-15-17-27(18-16-23)36(31(38)20-25-21-34-30-14-7-6-13-29(25)30)32(24-9-8-12-28(19-24)40-2)33(39)35-26-10-4-3-5-11-26/h6-9,12-19,21,26,32,34H,3-5,10-11,20H2,1-2H3,(H,35,39). The van der Waals surface area contributed by atoms with Gasteiger partial charge in [0.05, 0.1) is 13.5 Å². The number of aromatic nitrogens is 1. The molecule has 2 amide bonds. The Balaban J connectivity index is 1.58. The van der Waals surface area contributed by atoms with Gasteiger partial charge < -0.3 is 15.0 Å². The number of hydrogen-bond donors (Lipinski definition) is 2. The Bertz CT molecular complexity index is 1500. The predicted octanol–water partition coefficient (Wildman–Crippen LogP) is 6.15. The number of ketones is 1. The van der Waals surface area contributed by atoms with Crippen LogP contribution in [0.2, 0.25) is 0 Å². The number of Topliss-reactive ketones (excluding diaryl/α,β-unsaturated/α-hetero) is 1. The summed E-state index contributed by atoms with van der Waals surface area (Å²) in [5, 5.41) is 4.21. The monoisotopic (exact) mass is 537 g/mol. The Morgan fingerprint density at radius 1 is 0.975 bits per heavy atom.